The van der Waals surface area contributed by atoms with E-state index in [9.17, 15) is 0 Å². The number of ether oxygens (including phenoxy) is 2. The van der Waals surface area contributed by atoms with E-state index in [0.717, 1.165) is 48.5 Å². The Morgan fingerprint density at radius 2 is 1.53 bits per heavy atom. The standard InChI is InChI=1S/C28H48O2/c1-21(2)11-8-12-22(3)13-9-14-23(4)15-10-17-28(6)18-16-25-20-26(29-7)19-24(5)27(25)30-28/h19-23H,8-18H2,1-7H3/t22-,23-,28-/m1/s1. The Kier molecular flexibility index (Phi) is 10.0. The summed E-state index contributed by atoms with van der Waals surface area (Å²) in [6, 6.07) is 4.24. The SMILES string of the molecule is COc1cc(C)c2c(c1)CC[C@@](C)(CCC[C@H](C)CCC[C@H](C)CCCC(C)C)O2. The number of benzene rings is 1. The van der Waals surface area contributed by atoms with Crippen LogP contribution in [0.2, 0.25) is 0 Å². The van der Waals surface area contributed by atoms with Crippen molar-refractivity contribution in [2.45, 2.75) is 118 Å². The molecule has 0 fully saturated rings. The van der Waals surface area contributed by atoms with Crippen molar-refractivity contribution in [3.8, 4) is 11.5 Å². The Balaban J connectivity index is 1.67. The summed E-state index contributed by atoms with van der Waals surface area (Å²) < 4.78 is 12.0. The van der Waals surface area contributed by atoms with Crippen LogP contribution in [0.25, 0.3) is 0 Å². The van der Waals surface area contributed by atoms with Crippen molar-refractivity contribution in [2.24, 2.45) is 17.8 Å². The maximum Gasteiger partial charge on any atom is 0.126 e. The van der Waals surface area contributed by atoms with Crippen molar-refractivity contribution < 1.29 is 9.47 Å². The maximum atomic E-state index is 6.54. The maximum absolute atomic E-state index is 6.54. The molecule has 1 heterocycles. The molecule has 1 aliphatic rings. The number of aryl methyl sites for hydroxylation is 2. The van der Waals surface area contributed by atoms with Crippen molar-refractivity contribution in [1.82, 2.24) is 0 Å². The highest BCUT2D eigenvalue weighted by Crippen LogP contribution is 2.40. The molecule has 1 aliphatic heterocycles. The minimum atomic E-state index is -0.0169. The first-order valence-electron chi connectivity index (χ1n) is 12.6. The van der Waals surface area contributed by atoms with Crippen LogP contribution in [-0.2, 0) is 6.42 Å². The molecule has 0 unspecified atom stereocenters. The fourth-order valence-corrected chi connectivity index (χ4v) is 4.94. The predicted octanol–water partition coefficient (Wildman–Crippen LogP) is 8.53. The van der Waals surface area contributed by atoms with Crippen molar-refractivity contribution in [2.75, 3.05) is 7.11 Å². The second kappa shape index (κ2) is 12.0. The van der Waals surface area contributed by atoms with Crippen LogP contribution in [0.5, 0.6) is 11.5 Å². The van der Waals surface area contributed by atoms with E-state index in [1.165, 1.54) is 62.5 Å². The van der Waals surface area contributed by atoms with E-state index < -0.39 is 0 Å². The number of methoxy groups -OCH3 is 1. The Hall–Kier alpha value is -1.18. The molecule has 0 amide bonds. The zero-order chi connectivity index (χ0) is 22.1. The summed E-state index contributed by atoms with van der Waals surface area (Å²) >= 11 is 0. The van der Waals surface area contributed by atoms with E-state index in [-0.39, 0.29) is 5.60 Å². The molecule has 1 aromatic carbocycles. The lowest BCUT2D eigenvalue weighted by Crippen LogP contribution is -2.36. The lowest BCUT2D eigenvalue weighted by atomic mass is 9.85. The molecular weight excluding hydrogens is 368 g/mol. The smallest absolute Gasteiger partial charge is 0.126 e. The molecule has 2 heteroatoms. The van der Waals surface area contributed by atoms with Crippen LogP contribution in [0, 0.1) is 24.7 Å². The third-order valence-electron chi connectivity index (χ3n) is 7.11. The zero-order valence-electron chi connectivity index (χ0n) is 21.0. The van der Waals surface area contributed by atoms with Gasteiger partial charge in [-0.25, -0.2) is 0 Å². The highest BCUT2D eigenvalue weighted by molar-refractivity contribution is 5.48. The molecule has 2 nitrogen and oxygen atoms in total. The number of hydrogen-bond donors (Lipinski definition) is 0. The first kappa shape index (κ1) is 25.1. The Morgan fingerprint density at radius 1 is 0.933 bits per heavy atom. The van der Waals surface area contributed by atoms with E-state index in [2.05, 4.69) is 53.7 Å². The van der Waals surface area contributed by atoms with E-state index in [0.29, 0.717) is 0 Å². The second-order valence-electron chi connectivity index (χ2n) is 10.8. The molecule has 172 valence electrons. The summed E-state index contributed by atoms with van der Waals surface area (Å²) in [7, 11) is 1.74. The molecule has 3 atom stereocenters. The van der Waals surface area contributed by atoms with Gasteiger partial charge in [-0.05, 0) is 80.5 Å². The average Bonchev–Trinajstić information content (AvgIpc) is 2.68. The molecule has 2 rings (SSSR count). The van der Waals surface area contributed by atoms with Crippen LogP contribution in [-0.4, -0.2) is 12.7 Å². The van der Waals surface area contributed by atoms with E-state index in [1.54, 1.807) is 7.11 Å². The lowest BCUT2D eigenvalue weighted by Gasteiger charge is -2.37. The molecule has 0 saturated heterocycles. The second-order valence-corrected chi connectivity index (χ2v) is 10.8. The topological polar surface area (TPSA) is 18.5 Å². The monoisotopic (exact) mass is 416 g/mol. The fraction of sp³-hybridized carbons (Fsp3) is 0.786. The first-order chi connectivity index (χ1) is 14.2. The molecule has 0 aromatic heterocycles. The molecule has 0 saturated carbocycles. The minimum absolute atomic E-state index is 0.0169. The van der Waals surface area contributed by atoms with Crippen LogP contribution in [0.4, 0.5) is 0 Å². The molecule has 0 N–H and O–H groups in total. The average molecular weight is 417 g/mol. The number of rotatable bonds is 13. The number of hydrogen-bond acceptors (Lipinski definition) is 2. The van der Waals surface area contributed by atoms with Crippen molar-refractivity contribution in [1.29, 1.82) is 0 Å². The third kappa shape index (κ3) is 8.16. The zero-order valence-corrected chi connectivity index (χ0v) is 21.0. The quantitative estimate of drug-likeness (QED) is 0.321. The van der Waals surface area contributed by atoms with Crippen molar-refractivity contribution in [3.05, 3.63) is 23.3 Å². The van der Waals surface area contributed by atoms with Gasteiger partial charge >= 0.3 is 0 Å². The van der Waals surface area contributed by atoms with Gasteiger partial charge in [0.2, 0.25) is 0 Å². The van der Waals surface area contributed by atoms with Gasteiger partial charge in [0.25, 0.3) is 0 Å². The predicted molar refractivity (Wildman–Crippen MR) is 130 cm³/mol. The summed E-state index contributed by atoms with van der Waals surface area (Å²) in [5, 5.41) is 0. The van der Waals surface area contributed by atoms with Gasteiger partial charge in [0.1, 0.15) is 17.1 Å². The van der Waals surface area contributed by atoms with Gasteiger partial charge in [-0.1, -0.05) is 72.6 Å². The highest BCUT2D eigenvalue weighted by Gasteiger charge is 2.32. The van der Waals surface area contributed by atoms with Crippen LogP contribution >= 0.6 is 0 Å². The molecule has 30 heavy (non-hydrogen) atoms. The molecular formula is C28H48O2. The van der Waals surface area contributed by atoms with Crippen LogP contribution < -0.4 is 9.47 Å². The summed E-state index contributed by atoms with van der Waals surface area (Å²) in [5.74, 6) is 4.63. The molecule has 0 bridgehead atoms. The van der Waals surface area contributed by atoms with Crippen LogP contribution in [0.1, 0.15) is 110 Å². The molecule has 1 aromatic rings. The molecule has 0 radical (unpaired) electrons. The molecule has 0 spiro atoms. The van der Waals surface area contributed by atoms with Gasteiger partial charge in [-0.15, -0.1) is 0 Å². The Labute approximate surface area is 187 Å². The molecule has 0 aliphatic carbocycles. The van der Waals surface area contributed by atoms with Crippen molar-refractivity contribution in [3.63, 3.8) is 0 Å². The summed E-state index contributed by atoms with van der Waals surface area (Å²) in [6.45, 7) is 14.0. The minimum Gasteiger partial charge on any atom is -0.497 e. The van der Waals surface area contributed by atoms with Gasteiger partial charge in [0, 0.05) is 0 Å². The first-order valence-corrected chi connectivity index (χ1v) is 12.6. The normalized spacial score (nSPS) is 20.5. The largest absolute Gasteiger partial charge is 0.497 e. The number of fused-ring (bicyclic) bond motifs is 1. The van der Waals surface area contributed by atoms with Gasteiger partial charge in [0.05, 0.1) is 7.11 Å². The van der Waals surface area contributed by atoms with Gasteiger partial charge in [-0.2, -0.15) is 0 Å². The summed E-state index contributed by atoms with van der Waals surface area (Å²) in [4.78, 5) is 0. The highest BCUT2D eigenvalue weighted by atomic mass is 16.5. The van der Waals surface area contributed by atoms with Gasteiger partial charge < -0.3 is 9.47 Å². The van der Waals surface area contributed by atoms with Gasteiger partial charge in [0.15, 0.2) is 0 Å². The van der Waals surface area contributed by atoms with Gasteiger partial charge in [-0.3, -0.25) is 0 Å². The lowest BCUT2D eigenvalue weighted by molar-refractivity contribution is 0.0515. The van der Waals surface area contributed by atoms with Crippen molar-refractivity contribution >= 4 is 0 Å². The summed E-state index contributed by atoms with van der Waals surface area (Å²) in [6.07, 6.45) is 14.3. The Morgan fingerprint density at radius 3 is 2.13 bits per heavy atom. The van der Waals surface area contributed by atoms with E-state index in [4.69, 9.17) is 9.47 Å². The van der Waals surface area contributed by atoms with E-state index in [1.807, 2.05) is 0 Å². The van der Waals surface area contributed by atoms with Crippen LogP contribution in [0.15, 0.2) is 12.1 Å². The van der Waals surface area contributed by atoms with E-state index >= 15 is 0 Å². The fourth-order valence-electron chi connectivity index (χ4n) is 4.94. The summed E-state index contributed by atoms with van der Waals surface area (Å²) in [5.41, 5.74) is 2.49. The Bertz CT molecular complexity index is 636. The third-order valence-corrected chi connectivity index (χ3v) is 7.11. The van der Waals surface area contributed by atoms with Crippen LogP contribution in [0.3, 0.4) is 0 Å².